The van der Waals surface area contributed by atoms with Crippen LogP contribution >= 0.6 is 27.5 Å². The molecule has 1 aromatic carbocycles. The van der Waals surface area contributed by atoms with Crippen LogP contribution in [0.3, 0.4) is 0 Å². The van der Waals surface area contributed by atoms with Crippen LogP contribution in [0.2, 0.25) is 5.02 Å². The van der Waals surface area contributed by atoms with Crippen molar-refractivity contribution < 1.29 is 0 Å². The summed E-state index contributed by atoms with van der Waals surface area (Å²) in [4.78, 5) is 11.9. The van der Waals surface area contributed by atoms with Crippen LogP contribution in [0.25, 0.3) is 11.4 Å². The fourth-order valence-corrected chi connectivity index (χ4v) is 3.47. The summed E-state index contributed by atoms with van der Waals surface area (Å²) in [7, 11) is 0. The van der Waals surface area contributed by atoms with Crippen molar-refractivity contribution >= 4 is 27.5 Å². The van der Waals surface area contributed by atoms with Crippen LogP contribution in [0, 0.1) is 11.3 Å². The monoisotopic (exact) mass is 386 g/mol. The van der Waals surface area contributed by atoms with Crippen molar-refractivity contribution in [3.63, 3.8) is 0 Å². The van der Waals surface area contributed by atoms with Gasteiger partial charge in [0.05, 0.1) is 23.7 Å². The highest BCUT2D eigenvalue weighted by Gasteiger charge is 2.17. The van der Waals surface area contributed by atoms with E-state index in [9.17, 15) is 0 Å². The van der Waals surface area contributed by atoms with Gasteiger partial charge < -0.3 is 4.98 Å². The third-order valence-electron chi connectivity index (χ3n) is 3.48. The van der Waals surface area contributed by atoms with Crippen molar-refractivity contribution in [3.05, 3.63) is 70.8 Å². The van der Waals surface area contributed by atoms with Crippen molar-refractivity contribution in [3.8, 4) is 17.5 Å². The van der Waals surface area contributed by atoms with E-state index in [1.165, 1.54) is 0 Å². The molecule has 0 saturated carbocycles. The number of benzene rings is 1. The lowest BCUT2D eigenvalue weighted by Gasteiger charge is -2.12. The zero-order chi connectivity index (χ0) is 16.2. The van der Waals surface area contributed by atoms with Crippen LogP contribution in [0.4, 0.5) is 0 Å². The predicted molar refractivity (Wildman–Crippen MR) is 93.4 cm³/mol. The Morgan fingerprint density at radius 1 is 1.26 bits per heavy atom. The molecular weight excluding hydrogens is 376 g/mol. The second kappa shape index (κ2) is 6.95. The van der Waals surface area contributed by atoms with Gasteiger partial charge in [-0.3, -0.25) is 4.98 Å². The summed E-state index contributed by atoms with van der Waals surface area (Å²) in [6.07, 6.45) is 3.93. The van der Waals surface area contributed by atoms with E-state index in [0.717, 1.165) is 22.0 Å². The average Bonchev–Trinajstić information content (AvgIpc) is 3.03. The fourth-order valence-electron chi connectivity index (χ4n) is 2.35. The summed E-state index contributed by atoms with van der Waals surface area (Å²) in [5.74, 6) is 0. The maximum absolute atomic E-state index is 9.03. The number of H-pyrrole nitrogens is 1. The van der Waals surface area contributed by atoms with Crippen LogP contribution in [0.1, 0.15) is 21.6 Å². The van der Waals surface area contributed by atoms with Crippen molar-refractivity contribution in [2.75, 3.05) is 0 Å². The van der Waals surface area contributed by atoms with Crippen molar-refractivity contribution in [1.82, 2.24) is 15.0 Å². The second-order valence-electron chi connectivity index (χ2n) is 4.96. The second-order valence-corrected chi connectivity index (χ2v) is 6.48. The Labute approximate surface area is 147 Å². The molecule has 0 aliphatic heterocycles. The number of pyridine rings is 1. The first-order chi connectivity index (χ1) is 11.2. The van der Waals surface area contributed by atoms with Gasteiger partial charge in [0.1, 0.15) is 5.69 Å². The van der Waals surface area contributed by atoms with Crippen molar-refractivity contribution in [1.29, 1.82) is 5.26 Å². The van der Waals surface area contributed by atoms with Crippen LogP contribution in [0.5, 0.6) is 0 Å². The van der Waals surface area contributed by atoms with Gasteiger partial charge in [-0.2, -0.15) is 5.26 Å². The molecule has 0 radical (unpaired) electrons. The number of aromatic amines is 1. The zero-order valence-electron chi connectivity index (χ0n) is 12.0. The summed E-state index contributed by atoms with van der Waals surface area (Å²) in [6.45, 7) is 0. The molecule has 2 aromatic heterocycles. The molecule has 23 heavy (non-hydrogen) atoms. The Bertz CT molecular complexity index is 869. The largest absolute Gasteiger partial charge is 0.348 e. The Hall–Kier alpha value is -2.16. The van der Waals surface area contributed by atoms with E-state index < -0.39 is 0 Å². The first kappa shape index (κ1) is 15.7. The number of halogens is 2. The molecule has 114 valence electrons. The van der Waals surface area contributed by atoms with E-state index in [0.29, 0.717) is 17.7 Å². The third kappa shape index (κ3) is 3.44. The van der Waals surface area contributed by atoms with Gasteiger partial charge in [-0.1, -0.05) is 45.7 Å². The van der Waals surface area contributed by atoms with Crippen LogP contribution in [-0.2, 0) is 6.42 Å². The first-order valence-corrected chi connectivity index (χ1v) is 8.25. The smallest absolute Gasteiger partial charge is 0.110 e. The van der Waals surface area contributed by atoms with Crippen molar-refractivity contribution in [2.24, 2.45) is 0 Å². The topological polar surface area (TPSA) is 65.4 Å². The lowest BCUT2D eigenvalue weighted by Crippen LogP contribution is -1.99. The molecular formula is C17H12BrClN4. The van der Waals surface area contributed by atoms with Gasteiger partial charge >= 0.3 is 0 Å². The van der Waals surface area contributed by atoms with E-state index in [4.69, 9.17) is 16.9 Å². The fraction of sp³-hybridized carbons (Fsp3) is 0.118. The Kier molecular flexibility index (Phi) is 4.75. The lowest BCUT2D eigenvalue weighted by molar-refractivity contribution is 0.917. The van der Waals surface area contributed by atoms with Crippen molar-refractivity contribution in [2.45, 2.75) is 11.2 Å². The molecule has 1 atom stereocenters. The molecule has 3 rings (SSSR count). The minimum atomic E-state index is 0.0505. The normalized spacial score (nSPS) is 11.9. The molecule has 2 heterocycles. The highest BCUT2D eigenvalue weighted by atomic mass is 79.9. The van der Waals surface area contributed by atoms with Crippen LogP contribution in [-0.4, -0.2) is 15.0 Å². The maximum atomic E-state index is 9.03. The summed E-state index contributed by atoms with van der Waals surface area (Å²) in [5, 5.41) is 9.75. The van der Waals surface area contributed by atoms with E-state index >= 15 is 0 Å². The summed E-state index contributed by atoms with van der Waals surface area (Å²) in [5.41, 5.74) is 3.95. The number of hydrogen-bond donors (Lipinski definition) is 1. The number of nitrogens with zero attached hydrogens (tertiary/aromatic N) is 3. The molecule has 0 amide bonds. The summed E-state index contributed by atoms with van der Waals surface area (Å²) >= 11 is 9.94. The molecule has 0 fully saturated rings. The molecule has 1 unspecified atom stereocenters. The maximum Gasteiger partial charge on any atom is 0.110 e. The molecule has 0 aliphatic rings. The Morgan fingerprint density at radius 2 is 2.09 bits per heavy atom. The van der Waals surface area contributed by atoms with Crippen LogP contribution < -0.4 is 0 Å². The molecule has 0 bridgehead atoms. The Morgan fingerprint density at radius 3 is 2.87 bits per heavy atom. The third-order valence-corrected chi connectivity index (χ3v) is 4.64. The zero-order valence-corrected chi connectivity index (χ0v) is 14.3. The lowest BCUT2D eigenvalue weighted by atomic mass is 10.1. The van der Waals surface area contributed by atoms with E-state index in [-0.39, 0.29) is 4.83 Å². The SMILES string of the molecule is N#Cc1ccnc(-c2nc[nH]c2CC(Br)c2ccccc2Cl)c1. The quantitative estimate of drug-likeness (QED) is 0.661. The molecule has 0 saturated heterocycles. The number of alkyl halides is 1. The molecule has 3 aromatic rings. The van der Waals surface area contributed by atoms with E-state index in [1.54, 1.807) is 24.7 Å². The predicted octanol–water partition coefficient (Wildman–Crippen LogP) is 4.68. The number of rotatable bonds is 4. The first-order valence-electron chi connectivity index (χ1n) is 6.96. The molecule has 0 aliphatic carbocycles. The summed E-state index contributed by atoms with van der Waals surface area (Å²) in [6, 6.07) is 13.3. The molecule has 1 N–H and O–H groups in total. The minimum absolute atomic E-state index is 0.0505. The molecule has 6 heteroatoms. The highest BCUT2D eigenvalue weighted by Crippen LogP contribution is 2.33. The standard InChI is InChI=1S/C17H12BrClN4/c18-13(12-3-1-2-4-14(12)19)8-16-17(23-10-22-16)15-7-11(9-20)5-6-21-15/h1-7,10,13H,8H2,(H,22,23). The number of nitriles is 1. The number of imidazole rings is 1. The van der Waals surface area contributed by atoms with E-state index in [1.807, 2.05) is 24.3 Å². The van der Waals surface area contributed by atoms with Gasteiger partial charge in [-0.25, -0.2) is 4.98 Å². The molecule has 0 spiro atoms. The average molecular weight is 388 g/mol. The molecule has 4 nitrogen and oxygen atoms in total. The summed E-state index contributed by atoms with van der Waals surface area (Å²) < 4.78 is 0. The number of nitrogens with one attached hydrogen (secondary N) is 1. The van der Waals surface area contributed by atoms with Gasteiger partial charge in [0, 0.05) is 28.2 Å². The minimum Gasteiger partial charge on any atom is -0.348 e. The van der Waals surface area contributed by atoms with Crippen LogP contribution in [0.15, 0.2) is 48.9 Å². The Balaban J connectivity index is 1.90. The van der Waals surface area contributed by atoms with Gasteiger partial charge in [0.15, 0.2) is 0 Å². The van der Waals surface area contributed by atoms with Gasteiger partial charge in [-0.15, -0.1) is 0 Å². The highest BCUT2D eigenvalue weighted by molar-refractivity contribution is 9.09. The van der Waals surface area contributed by atoms with Gasteiger partial charge in [0.25, 0.3) is 0 Å². The van der Waals surface area contributed by atoms with Gasteiger partial charge in [0.2, 0.25) is 0 Å². The van der Waals surface area contributed by atoms with E-state index in [2.05, 4.69) is 37.0 Å². The number of aromatic nitrogens is 3. The van der Waals surface area contributed by atoms with Gasteiger partial charge in [-0.05, 0) is 23.8 Å². The number of hydrogen-bond acceptors (Lipinski definition) is 3.